The largest absolute Gasteiger partial charge is 0.265 e. The number of hydrogen-bond donors (Lipinski definition) is 0. The molecule has 0 aliphatic heterocycles. The molecule has 0 amide bonds. The van der Waals surface area contributed by atoms with Crippen LogP contribution < -0.4 is 0 Å². The molecule has 68 valence electrons. The van der Waals surface area contributed by atoms with Crippen molar-refractivity contribution in [3.63, 3.8) is 0 Å². The summed E-state index contributed by atoms with van der Waals surface area (Å²) in [6, 6.07) is 4.67. The lowest BCUT2D eigenvalue weighted by Gasteiger charge is -2.12. The summed E-state index contributed by atoms with van der Waals surface area (Å²) in [7, 11) is 0. The average molecular weight is 175 g/mol. The van der Waals surface area contributed by atoms with Gasteiger partial charge in [-0.05, 0) is 18.9 Å². The van der Waals surface area contributed by atoms with Crippen molar-refractivity contribution in [2.75, 3.05) is 0 Å². The molecule has 0 aromatic carbocycles. The van der Waals surface area contributed by atoms with Gasteiger partial charge < -0.3 is 0 Å². The summed E-state index contributed by atoms with van der Waals surface area (Å²) in [6.07, 6.45) is 7.33. The maximum absolute atomic E-state index is 8.61. The average Bonchev–Trinajstić information content (AvgIpc) is 2.71. The molecular weight excluding hydrogens is 162 g/mol. The van der Waals surface area contributed by atoms with E-state index in [1.807, 2.05) is 10.7 Å². The van der Waals surface area contributed by atoms with Gasteiger partial charge in [-0.3, -0.25) is 4.68 Å². The Bertz CT molecular complexity index is 315. The first-order chi connectivity index (χ1) is 6.42. The van der Waals surface area contributed by atoms with Gasteiger partial charge in [0.25, 0.3) is 0 Å². The lowest BCUT2D eigenvalue weighted by Crippen LogP contribution is -2.09. The van der Waals surface area contributed by atoms with Crippen LogP contribution in [0.5, 0.6) is 0 Å². The summed E-state index contributed by atoms with van der Waals surface area (Å²) in [5.41, 5.74) is 1.06. The highest BCUT2D eigenvalue weighted by Crippen LogP contribution is 2.29. The molecule has 3 heteroatoms. The third-order valence-corrected chi connectivity index (χ3v) is 2.68. The smallest absolute Gasteiger partial charge is 0.0771 e. The second-order valence-corrected chi connectivity index (χ2v) is 3.54. The molecule has 3 nitrogen and oxygen atoms in total. The van der Waals surface area contributed by atoms with Gasteiger partial charge in [-0.2, -0.15) is 10.4 Å². The number of rotatable bonds is 2. The molecule has 0 spiro atoms. The monoisotopic (exact) mass is 175 g/mol. The van der Waals surface area contributed by atoms with Crippen LogP contribution in [0, 0.1) is 11.3 Å². The van der Waals surface area contributed by atoms with Crippen molar-refractivity contribution >= 4 is 0 Å². The van der Waals surface area contributed by atoms with E-state index in [-0.39, 0.29) is 0 Å². The van der Waals surface area contributed by atoms with Crippen LogP contribution >= 0.6 is 0 Å². The molecule has 0 bridgehead atoms. The lowest BCUT2D eigenvalue weighted by atomic mass is 10.2. The molecular formula is C10H13N3. The van der Waals surface area contributed by atoms with Crippen LogP contribution in [0.1, 0.15) is 37.4 Å². The molecule has 0 radical (unpaired) electrons. The van der Waals surface area contributed by atoms with Crippen molar-refractivity contribution in [2.24, 2.45) is 0 Å². The zero-order valence-corrected chi connectivity index (χ0v) is 7.61. The second kappa shape index (κ2) is 3.61. The minimum Gasteiger partial charge on any atom is -0.265 e. The first kappa shape index (κ1) is 8.31. The summed E-state index contributed by atoms with van der Waals surface area (Å²) in [5.74, 6) is 0. The van der Waals surface area contributed by atoms with Gasteiger partial charge >= 0.3 is 0 Å². The molecule has 1 heterocycles. The predicted octanol–water partition coefficient (Wildman–Crippen LogP) is 2.06. The van der Waals surface area contributed by atoms with E-state index in [1.165, 1.54) is 25.7 Å². The van der Waals surface area contributed by atoms with E-state index in [0.717, 1.165) is 5.69 Å². The first-order valence-electron chi connectivity index (χ1n) is 4.81. The molecule has 1 aliphatic rings. The Hall–Kier alpha value is -1.30. The Kier molecular flexibility index (Phi) is 2.31. The minimum atomic E-state index is 0.483. The van der Waals surface area contributed by atoms with Crippen molar-refractivity contribution in [3.05, 3.63) is 18.0 Å². The Morgan fingerprint density at radius 3 is 3.00 bits per heavy atom. The van der Waals surface area contributed by atoms with Crippen LogP contribution in [0.3, 0.4) is 0 Å². The molecule has 0 unspecified atom stereocenters. The van der Waals surface area contributed by atoms with E-state index in [1.54, 1.807) is 6.20 Å². The van der Waals surface area contributed by atoms with Gasteiger partial charge in [0.1, 0.15) is 0 Å². The Balaban J connectivity index is 2.19. The van der Waals surface area contributed by atoms with Crippen molar-refractivity contribution < 1.29 is 0 Å². The molecule has 0 atom stereocenters. The zero-order valence-electron chi connectivity index (χ0n) is 7.61. The zero-order chi connectivity index (χ0) is 9.10. The maximum atomic E-state index is 8.61. The fraction of sp³-hybridized carbons (Fsp3) is 0.600. The summed E-state index contributed by atoms with van der Waals surface area (Å²) < 4.78 is 2.04. The third-order valence-electron chi connectivity index (χ3n) is 2.68. The Labute approximate surface area is 78.0 Å². The van der Waals surface area contributed by atoms with Crippen LogP contribution in [0.25, 0.3) is 0 Å². The van der Waals surface area contributed by atoms with Crippen LogP contribution in [-0.4, -0.2) is 9.78 Å². The normalized spacial score (nSPS) is 17.5. The van der Waals surface area contributed by atoms with Crippen LogP contribution in [0.2, 0.25) is 0 Å². The van der Waals surface area contributed by atoms with Gasteiger partial charge in [0.15, 0.2) is 0 Å². The van der Waals surface area contributed by atoms with Gasteiger partial charge in [-0.15, -0.1) is 0 Å². The van der Waals surface area contributed by atoms with Crippen molar-refractivity contribution in [3.8, 4) is 6.07 Å². The van der Waals surface area contributed by atoms with Crippen LogP contribution in [0.15, 0.2) is 12.3 Å². The number of aromatic nitrogens is 2. The molecule has 0 N–H and O–H groups in total. The van der Waals surface area contributed by atoms with E-state index >= 15 is 0 Å². The topological polar surface area (TPSA) is 41.6 Å². The minimum absolute atomic E-state index is 0.483. The highest BCUT2D eigenvalue weighted by Gasteiger charge is 2.19. The predicted molar refractivity (Wildman–Crippen MR) is 49.0 cm³/mol. The summed E-state index contributed by atoms with van der Waals surface area (Å²) in [5, 5.41) is 12.9. The molecule has 1 fully saturated rings. The molecule has 1 saturated carbocycles. The SMILES string of the molecule is N#CCc1ccnn1C1CCCC1. The molecule has 2 rings (SSSR count). The molecule has 1 aromatic rings. The van der Waals surface area contributed by atoms with E-state index in [4.69, 9.17) is 5.26 Å². The lowest BCUT2D eigenvalue weighted by molar-refractivity contribution is 0.454. The Morgan fingerprint density at radius 2 is 2.31 bits per heavy atom. The highest BCUT2D eigenvalue weighted by atomic mass is 15.3. The van der Waals surface area contributed by atoms with Gasteiger partial charge in [-0.1, -0.05) is 12.8 Å². The highest BCUT2D eigenvalue weighted by molar-refractivity contribution is 5.07. The molecule has 1 aliphatic carbocycles. The van der Waals surface area contributed by atoms with E-state index in [0.29, 0.717) is 12.5 Å². The van der Waals surface area contributed by atoms with Gasteiger partial charge in [0.05, 0.1) is 24.2 Å². The van der Waals surface area contributed by atoms with Gasteiger partial charge in [-0.25, -0.2) is 0 Å². The third kappa shape index (κ3) is 1.57. The summed E-state index contributed by atoms with van der Waals surface area (Å²) in [6.45, 7) is 0. The second-order valence-electron chi connectivity index (χ2n) is 3.54. The number of hydrogen-bond acceptors (Lipinski definition) is 2. The van der Waals surface area contributed by atoms with Crippen molar-refractivity contribution in [2.45, 2.75) is 38.1 Å². The number of nitrogens with zero attached hydrogens (tertiary/aromatic N) is 3. The number of nitriles is 1. The first-order valence-corrected chi connectivity index (χ1v) is 4.81. The maximum Gasteiger partial charge on any atom is 0.0771 e. The molecule has 0 saturated heterocycles. The van der Waals surface area contributed by atoms with Crippen molar-refractivity contribution in [1.82, 2.24) is 9.78 Å². The van der Waals surface area contributed by atoms with Crippen molar-refractivity contribution in [1.29, 1.82) is 5.26 Å². The van der Waals surface area contributed by atoms with Gasteiger partial charge in [0, 0.05) is 6.20 Å². The Morgan fingerprint density at radius 1 is 1.54 bits per heavy atom. The molecule has 1 aromatic heterocycles. The van der Waals surface area contributed by atoms with Crippen LogP contribution in [-0.2, 0) is 6.42 Å². The quantitative estimate of drug-likeness (QED) is 0.690. The van der Waals surface area contributed by atoms with E-state index in [2.05, 4.69) is 11.2 Å². The van der Waals surface area contributed by atoms with Crippen LogP contribution in [0.4, 0.5) is 0 Å². The summed E-state index contributed by atoms with van der Waals surface area (Å²) in [4.78, 5) is 0. The standard InChI is InChI=1S/C10H13N3/c11-7-5-10-6-8-12-13(10)9-3-1-2-4-9/h6,8-9H,1-5H2. The fourth-order valence-electron chi connectivity index (χ4n) is 2.04. The molecule has 13 heavy (non-hydrogen) atoms. The van der Waals surface area contributed by atoms with E-state index < -0.39 is 0 Å². The van der Waals surface area contributed by atoms with E-state index in [9.17, 15) is 0 Å². The summed E-state index contributed by atoms with van der Waals surface area (Å²) >= 11 is 0. The fourth-order valence-corrected chi connectivity index (χ4v) is 2.04. The van der Waals surface area contributed by atoms with Gasteiger partial charge in [0.2, 0.25) is 0 Å².